The second-order valence-corrected chi connectivity index (χ2v) is 19.6. The van der Waals surface area contributed by atoms with Crippen LogP contribution in [0.5, 0.6) is 0 Å². The summed E-state index contributed by atoms with van der Waals surface area (Å²) in [5.74, 6) is -4.18. The molecule has 0 aliphatic carbocycles. The van der Waals surface area contributed by atoms with E-state index in [1.807, 2.05) is 0 Å². The van der Waals surface area contributed by atoms with Crippen LogP contribution in [0.1, 0.15) is 44.6 Å². The normalized spacial score (nSPS) is 21.5. The smallest absolute Gasteiger partial charge is 0.481 e. The van der Waals surface area contributed by atoms with Crippen LogP contribution in [0, 0.1) is 11.3 Å². The maximum atomic E-state index is 12.7. The van der Waals surface area contributed by atoms with Gasteiger partial charge in [-0.15, -0.1) is 0 Å². The number of phosphoric acid groups is 3. The van der Waals surface area contributed by atoms with Gasteiger partial charge in [0.1, 0.15) is 36.3 Å². The van der Waals surface area contributed by atoms with Crippen LogP contribution in [0.15, 0.2) is 43.0 Å². The number of nitrogens with one attached hydrogen (secondary N) is 2. The first-order chi connectivity index (χ1) is 29.3. The minimum Gasteiger partial charge on any atom is -0.481 e. The Morgan fingerprint density at radius 3 is 2.30 bits per heavy atom. The number of anilines is 1. The molecule has 2 amide bonds. The molecule has 0 spiro atoms. The molecule has 27 nitrogen and oxygen atoms in total. The van der Waals surface area contributed by atoms with Gasteiger partial charge in [-0.1, -0.05) is 55.9 Å². The standard InChI is InChI=1S/C32H46N7O20P3S/c1-32(2,26(45)29(46)35-9-8-20(40)34-10-11-63-31(47)18(12-21(41)42)23(43)17-6-4-3-5-7-17)14-56-62(53,54)59-61(51,52)55-13-19-25(58-60(48,49)50)24(44)30(57-19)39-16-38-22-27(33)36-15-37-28(22)39/h3-7,15-16,18-19,23-26,30,43-45H,8-14H2,1-2H3,(H,34,40)(H,35,46)(H,41,42)(H,51,52)(H,53,54)(H2,33,36,37)(H2,48,49,50)/t18?,19-,23?,24-,25-,26?,30-/m1/s1. The number of hydrogen-bond donors (Lipinski definition) is 11. The lowest BCUT2D eigenvalue weighted by molar-refractivity contribution is -0.141. The zero-order valence-corrected chi connectivity index (χ0v) is 36.6. The van der Waals surface area contributed by atoms with Gasteiger partial charge < -0.3 is 61.1 Å². The van der Waals surface area contributed by atoms with Crippen molar-refractivity contribution < 1.29 is 95.5 Å². The minimum absolute atomic E-state index is 0.0125. The van der Waals surface area contributed by atoms with Gasteiger partial charge in [-0.2, -0.15) is 4.31 Å². The zero-order chi connectivity index (χ0) is 46.9. The molecule has 1 aliphatic heterocycles. The van der Waals surface area contributed by atoms with Crippen LogP contribution in [-0.4, -0.2) is 139 Å². The second-order valence-electron chi connectivity index (χ2n) is 14.3. The molecule has 3 aromatic rings. The highest BCUT2D eigenvalue weighted by Crippen LogP contribution is 2.61. The molecule has 9 atom stereocenters. The fourth-order valence-electron chi connectivity index (χ4n) is 5.78. The molecule has 0 saturated carbocycles. The number of carbonyl (C=O) groups excluding carboxylic acids is 3. The number of nitrogens with two attached hydrogens (primary N) is 1. The average molecular weight is 974 g/mol. The first kappa shape index (κ1) is 51.8. The first-order valence-corrected chi connectivity index (χ1v) is 23.8. The van der Waals surface area contributed by atoms with Crippen LogP contribution >= 0.6 is 35.2 Å². The van der Waals surface area contributed by atoms with Crippen LogP contribution in [0.4, 0.5) is 5.82 Å². The molecule has 2 aromatic heterocycles. The van der Waals surface area contributed by atoms with Crippen LogP contribution in [0.3, 0.4) is 0 Å². The van der Waals surface area contributed by atoms with Gasteiger partial charge in [0, 0.05) is 30.7 Å². The number of ether oxygens (including phenoxy) is 1. The number of thioether (sulfide) groups is 1. The van der Waals surface area contributed by atoms with Crippen molar-refractivity contribution in [2.24, 2.45) is 11.3 Å². The molecule has 63 heavy (non-hydrogen) atoms. The summed E-state index contributed by atoms with van der Waals surface area (Å²) in [4.78, 5) is 100. The number of hydrogen-bond acceptors (Lipinski definition) is 20. The number of phosphoric ester groups is 3. The van der Waals surface area contributed by atoms with Crippen molar-refractivity contribution in [1.29, 1.82) is 0 Å². The van der Waals surface area contributed by atoms with Crippen molar-refractivity contribution in [3.63, 3.8) is 0 Å². The third kappa shape index (κ3) is 15.1. The summed E-state index contributed by atoms with van der Waals surface area (Å²) in [6, 6.07) is 8.05. The predicted octanol–water partition coefficient (Wildman–Crippen LogP) is -0.511. The van der Waals surface area contributed by atoms with Gasteiger partial charge >= 0.3 is 29.4 Å². The number of carboxylic acid groups (broad SMARTS) is 1. The molecule has 1 fully saturated rings. The van der Waals surface area contributed by atoms with E-state index in [-0.39, 0.29) is 42.2 Å². The highest BCUT2D eigenvalue weighted by atomic mass is 32.2. The largest absolute Gasteiger partial charge is 0.481 e. The topological polar surface area (TPSA) is 421 Å². The molecule has 0 bridgehead atoms. The number of aliphatic hydroxyl groups is 3. The number of nitrogens with zero attached hydrogens (tertiary/aromatic N) is 4. The Morgan fingerprint density at radius 2 is 1.65 bits per heavy atom. The summed E-state index contributed by atoms with van der Waals surface area (Å²) < 4.78 is 62.2. The molecule has 1 saturated heterocycles. The lowest BCUT2D eigenvalue weighted by atomic mass is 9.87. The van der Waals surface area contributed by atoms with Gasteiger partial charge in [-0.3, -0.25) is 37.3 Å². The third-order valence-corrected chi connectivity index (χ3v) is 13.1. The van der Waals surface area contributed by atoms with Crippen molar-refractivity contribution in [2.45, 2.75) is 63.4 Å². The van der Waals surface area contributed by atoms with Crippen LogP contribution in [0.2, 0.25) is 0 Å². The number of aromatic nitrogens is 4. The maximum absolute atomic E-state index is 12.7. The van der Waals surface area contributed by atoms with E-state index in [0.717, 1.165) is 29.0 Å². The Balaban J connectivity index is 1.21. The summed E-state index contributed by atoms with van der Waals surface area (Å²) in [6.07, 6.45) is -9.23. The van der Waals surface area contributed by atoms with E-state index in [4.69, 9.17) is 19.5 Å². The SMILES string of the molecule is CC(C)(COP(=O)(O)OP(=O)(O)OC[C@H]1O[C@@H](n2cnc3c(N)ncnc32)[C@H](O)[C@@H]1OP(=O)(O)O)C(O)C(=O)NCCC(=O)NCCSC(=O)C(CC(=O)O)C(O)c1ccccc1. The Hall–Kier alpha value is -3.79. The number of rotatable bonds is 24. The maximum Gasteiger partial charge on any atom is 0.481 e. The number of carboxylic acids is 1. The summed E-state index contributed by atoms with van der Waals surface area (Å²) in [5.41, 5.74) is 4.53. The third-order valence-electron chi connectivity index (χ3n) is 8.97. The highest BCUT2D eigenvalue weighted by Gasteiger charge is 2.50. The highest BCUT2D eigenvalue weighted by molar-refractivity contribution is 8.13. The van der Waals surface area contributed by atoms with Crippen molar-refractivity contribution in [2.75, 3.05) is 37.8 Å². The number of nitrogen functional groups attached to an aromatic ring is 1. The summed E-state index contributed by atoms with van der Waals surface area (Å²) >= 11 is 0.720. The van der Waals surface area contributed by atoms with E-state index < -0.39 is 114 Å². The fourth-order valence-corrected chi connectivity index (χ4v) is 9.44. The molecule has 350 valence electrons. The Bertz CT molecular complexity index is 2230. The fraction of sp³-hybridized carbons (Fsp3) is 0.531. The number of aliphatic hydroxyl groups excluding tert-OH is 3. The molecular weight excluding hydrogens is 927 g/mol. The quantitative estimate of drug-likeness (QED) is 0.0398. The van der Waals surface area contributed by atoms with Crippen molar-refractivity contribution >= 4 is 75.1 Å². The molecule has 1 aromatic carbocycles. The first-order valence-electron chi connectivity index (χ1n) is 18.3. The number of benzene rings is 1. The molecule has 4 rings (SSSR count). The van der Waals surface area contributed by atoms with Crippen molar-refractivity contribution in [3.05, 3.63) is 48.5 Å². The lowest BCUT2D eigenvalue weighted by Crippen LogP contribution is -2.46. The minimum atomic E-state index is -5.61. The Kier molecular flexibility index (Phi) is 18.0. The number of aliphatic carboxylic acids is 1. The molecule has 12 N–H and O–H groups in total. The van der Waals surface area contributed by atoms with E-state index in [9.17, 15) is 72.9 Å². The van der Waals surface area contributed by atoms with Gasteiger partial charge in [0.2, 0.25) is 11.8 Å². The monoisotopic (exact) mass is 973 g/mol. The molecule has 0 radical (unpaired) electrons. The molecule has 31 heteroatoms. The number of imidazole rings is 1. The van der Waals surface area contributed by atoms with E-state index >= 15 is 0 Å². The van der Waals surface area contributed by atoms with Gasteiger partial charge in [0.05, 0.1) is 38.0 Å². The lowest BCUT2D eigenvalue weighted by Gasteiger charge is -2.30. The van der Waals surface area contributed by atoms with Gasteiger partial charge in [-0.25, -0.2) is 28.6 Å². The van der Waals surface area contributed by atoms with Crippen LogP contribution < -0.4 is 16.4 Å². The van der Waals surface area contributed by atoms with E-state index in [2.05, 4.69) is 34.4 Å². The summed E-state index contributed by atoms with van der Waals surface area (Å²) in [6.45, 7) is -0.0131. The van der Waals surface area contributed by atoms with Gasteiger partial charge in [0.15, 0.2) is 22.8 Å². The zero-order valence-electron chi connectivity index (χ0n) is 33.1. The van der Waals surface area contributed by atoms with Crippen molar-refractivity contribution in [3.8, 4) is 0 Å². The van der Waals surface area contributed by atoms with E-state index in [0.29, 0.717) is 5.56 Å². The van der Waals surface area contributed by atoms with Crippen molar-refractivity contribution in [1.82, 2.24) is 30.2 Å². The van der Waals surface area contributed by atoms with E-state index in [1.165, 1.54) is 13.8 Å². The Labute approximate surface area is 361 Å². The van der Waals surface area contributed by atoms with Crippen LogP contribution in [-0.2, 0) is 55.5 Å². The number of fused-ring (bicyclic) bond motifs is 1. The summed E-state index contributed by atoms with van der Waals surface area (Å²) in [5, 5.41) is 45.6. The summed E-state index contributed by atoms with van der Waals surface area (Å²) in [7, 11) is -16.5. The number of carbonyl (C=O) groups is 4. The molecule has 3 heterocycles. The Morgan fingerprint density at radius 1 is 0.984 bits per heavy atom. The molecular formula is C32H46N7O20P3S. The second kappa shape index (κ2) is 21.9. The van der Waals surface area contributed by atoms with E-state index in [1.54, 1.807) is 30.3 Å². The predicted molar refractivity (Wildman–Crippen MR) is 214 cm³/mol. The molecule has 5 unspecified atom stereocenters. The van der Waals surface area contributed by atoms with Crippen LogP contribution in [0.25, 0.3) is 11.2 Å². The molecule has 1 aliphatic rings. The average Bonchev–Trinajstić information content (AvgIpc) is 3.76. The van der Waals surface area contributed by atoms with Gasteiger partial charge in [-0.05, 0) is 5.56 Å². The van der Waals surface area contributed by atoms with Gasteiger partial charge in [0.25, 0.3) is 0 Å². The number of amides is 2.